The topological polar surface area (TPSA) is 35.6 Å². The second kappa shape index (κ2) is 5.92. The van der Waals surface area contributed by atoms with Crippen LogP contribution in [0.25, 0.3) is 32.3 Å². The lowest BCUT2D eigenvalue weighted by molar-refractivity contribution is 0.799. The van der Waals surface area contributed by atoms with Gasteiger partial charge >= 0.3 is 0 Å². The zero-order valence-corrected chi connectivity index (χ0v) is 15.3. The van der Waals surface area contributed by atoms with Crippen molar-refractivity contribution in [1.82, 2.24) is 19.1 Å². The van der Waals surface area contributed by atoms with Gasteiger partial charge in [0.05, 0.1) is 12.7 Å². The quantitative estimate of drug-likeness (QED) is 0.410. The van der Waals surface area contributed by atoms with Crippen LogP contribution < -0.4 is 0 Å². The molecular weight excluding hydrogens is 344 g/mol. The monoisotopic (exact) mass is 362 g/mol. The third-order valence-electron chi connectivity index (χ3n) is 5.50. The van der Waals surface area contributed by atoms with Crippen LogP contribution >= 0.6 is 0 Å². The van der Waals surface area contributed by atoms with E-state index in [1.165, 1.54) is 43.4 Å². The van der Waals surface area contributed by atoms with Crippen LogP contribution in [0.5, 0.6) is 0 Å². The molecule has 0 N–H and O–H groups in total. The highest BCUT2D eigenvalue weighted by Gasteiger charge is 2.11. The fourth-order valence-electron chi connectivity index (χ4n) is 4.33. The molecule has 0 saturated carbocycles. The molecule has 0 fully saturated rings. The van der Waals surface area contributed by atoms with Crippen molar-refractivity contribution in [2.45, 2.75) is 13.1 Å². The summed E-state index contributed by atoms with van der Waals surface area (Å²) in [5, 5.41) is 7.92. The molecule has 4 aromatic carbocycles. The number of hydrogen-bond donors (Lipinski definition) is 0. The lowest BCUT2D eigenvalue weighted by Gasteiger charge is -2.14. The summed E-state index contributed by atoms with van der Waals surface area (Å²) in [5.41, 5.74) is 2.59. The van der Waals surface area contributed by atoms with Crippen molar-refractivity contribution in [2.75, 3.05) is 0 Å². The zero-order valence-electron chi connectivity index (χ0n) is 15.3. The molecule has 0 aliphatic carbocycles. The van der Waals surface area contributed by atoms with Crippen molar-refractivity contribution in [1.29, 1.82) is 0 Å². The summed E-state index contributed by atoms with van der Waals surface area (Å²) in [5.74, 6) is 0. The average Bonchev–Trinajstić information content (AvgIpc) is 3.40. The van der Waals surface area contributed by atoms with Crippen molar-refractivity contribution in [2.24, 2.45) is 0 Å². The third-order valence-corrected chi connectivity index (χ3v) is 5.50. The minimum absolute atomic E-state index is 0.839. The van der Waals surface area contributed by atoms with Crippen LogP contribution in [-0.2, 0) is 13.1 Å². The van der Waals surface area contributed by atoms with Crippen LogP contribution in [0.3, 0.4) is 0 Å². The van der Waals surface area contributed by atoms with Gasteiger partial charge in [-0.05, 0) is 67.7 Å². The van der Waals surface area contributed by atoms with E-state index in [2.05, 4.69) is 67.6 Å². The number of hydrogen-bond acceptors (Lipinski definition) is 2. The van der Waals surface area contributed by atoms with Gasteiger partial charge in [0.1, 0.15) is 0 Å². The predicted octanol–water partition coefficient (Wildman–Crippen LogP) is 5.07. The molecule has 0 spiro atoms. The summed E-state index contributed by atoms with van der Waals surface area (Å²) >= 11 is 0. The van der Waals surface area contributed by atoms with Gasteiger partial charge in [-0.3, -0.25) is 0 Å². The molecule has 6 rings (SSSR count). The maximum absolute atomic E-state index is 4.15. The molecule has 0 unspecified atom stereocenters. The molecule has 4 heteroatoms. The highest BCUT2D eigenvalue weighted by molar-refractivity contribution is 6.23. The number of nitrogens with zero attached hydrogens (tertiary/aromatic N) is 4. The second-order valence-electron chi connectivity index (χ2n) is 7.44. The van der Waals surface area contributed by atoms with E-state index in [4.69, 9.17) is 0 Å². The van der Waals surface area contributed by atoms with Gasteiger partial charge in [0.15, 0.2) is 0 Å². The number of imidazole rings is 2. The van der Waals surface area contributed by atoms with Crippen LogP contribution in [0.2, 0.25) is 0 Å². The zero-order chi connectivity index (χ0) is 18.5. The van der Waals surface area contributed by atoms with E-state index in [9.17, 15) is 0 Å². The molecule has 0 aliphatic rings. The molecule has 2 aromatic heterocycles. The van der Waals surface area contributed by atoms with Crippen LogP contribution in [0, 0.1) is 0 Å². The summed E-state index contributed by atoms with van der Waals surface area (Å²) in [6, 6.07) is 18.2. The Morgan fingerprint density at radius 1 is 0.571 bits per heavy atom. The minimum atomic E-state index is 0.839. The summed E-state index contributed by atoms with van der Waals surface area (Å²) in [6.07, 6.45) is 11.4. The fourth-order valence-corrected chi connectivity index (χ4v) is 4.33. The minimum Gasteiger partial charge on any atom is -0.333 e. The van der Waals surface area contributed by atoms with E-state index in [1.807, 2.05) is 37.4 Å². The Bertz CT molecular complexity index is 1220. The maximum atomic E-state index is 4.15. The molecule has 0 bridgehead atoms. The highest BCUT2D eigenvalue weighted by Crippen LogP contribution is 2.36. The van der Waals surface area contributed by atoms with E-state index in [1.54, 1.807) is 0 Å². The molecule has 134 valence electrons. The smallest absolute Gasteiger partial charge is 0.0949 e. The summed E-state index contributed by atoms with van der Waals surface area (Å²) in [6.45, 7) is 1.68. The lowest BCUT2D eigenvalue weighted by Crippen LogP contribution is -1.98. The van der Waals surface area contributed by atoms with E-state index < -0.39 is 0 Å². The Labute approximate surface area is 162 Å². The van der Waals surface area contributed by atoms with Gasteiger partial charge in [0.25, 0.3) is 0 Å². The number of aromatic nitrogens is 4. The predicted molar refractivity (Wildman–Crippen MR) is 113 cm³/mol. The van der Waals surface area contributed by atoms with Crippen molar-refractivity contribution in [3.05, 3.63) is 97.1 Å². The van der Waals surface area contributed by atoms with Crippen LogP contribution in [0.1, 0.15) is 11.1 Å². The SMILES string of the molecule is c1cn(Cc2cc3ccc4cc(Cn5ccnc5)cc5ccc(c2)c3c45)cn1. The van der Waals surface area contributed by atoms with Crippen LogP contribution in [0.4, 0.5) is 0 Å². The standard InChI is InChI=1S/C24H18N4/c1-2-20-10-18(14-28-8-6-26-16-28)12-22-4-3-21-11-17(13-27-7-5-25-15-27)9-19(1)23(21)24(20)22/h1-12,15-16H,13-14H2. The van der Waals surface area contributed by atoms with Gasteiger partial charge in [0.2, 0.25) is 0 Å². The largest absolute Gasteiger partial charge is 0.333 e. The second-order valence-corrected chi connectivity index (χ2v) is 7.44. The van der Waals surface area contributed by atoms with Crippen molar-refractivity contribution in [3.8, 4) is 0 Å². The summed E-state index contributed by atoms with van der Waals surface area (Å²) in [7, 11) is 0. The van der Waals surface area contributed by atoms with Crippen molar-refractivity contribution < 1.29 is 0 Å². The Hall–Kier alpha value is -3.66. The number of benzene rings is 4. The summed E-state index contributed by atoms with van der Waals surface area (Å²) < 4.78 is 4.21. The first kappa shape index (κ1) is 15.4. The van der Waals surface area contributed by atoms with Gasteiger partial charge in [-0.25, -0.2) is 9.97 Å². The normalized spacial score (nSPS) is 11.9. The number of rotatable bonds is 4. The van der Waals surface area contributed by atoms with Crippen molar-refractivity contribution in [3.63, 3.8) is 0 Å². The van der Waals surface area contributed by atoms with E-state index >= 15 is 0 Å². The Morgan fingerprint density at radius 2 is 0.964 bits per heavy atom. The highest BCUT2D eigenvalue weighted by atomic mass is 15.0. The van der Waals surface area contributed by atoms with Crippen LogP contribution in [0.15, 0.2) is 86.0 Å². The molecule has 0 amide bonds. The molecule has 28 heavy (non-hydrogen) atoms. The van der Waals surface area contributed by atoms with E-state index in [-0.39, 0.29) is 0 Å². The fraction of sp³-hybridized carbons (Fsp3) is 0.0833. The van der Waals surface area contributed by atoms with Gasteiger partial charge < -0.3 is 9.13 Å². The van der Waals surface area contributed by atoms with E-state index in [0.717, 1.165) is 13.1 Å². The van der Waals surface area contributed by atoms with Gasteiger partial charge in [-0.1, -0.05) is 24.3 Å². The van der Waals surface area contributed by atoms with Gasteiger partial charge in [-0.15, -0.1) is 0 Å². The first-order valence-electron chi connectivity index (χ1n) is 9.45. The lowest BCUT2D eigenvalue weighted by atomic mass is 9.91. The van der Waals surface area contributed by atoms with E-state index in [0.29, 0.717) is 0 Å². The van der Waals surface area contributed by atoms with Crippen molar-refractivity contribution >= 4 is 32.3 Å². The average molecular weight is 362 g/mol. The molecule has 4 nitrogen and oxygen atoms in total. The molecule has 2 heterocycles. The first-order valence-corrected chi connectivity index (χ1v) is 9.45. The first-order chi connectivity index (χ1) is 13.8. The molecule has 0 aliphatic heterocycles. The third kappa shape index (κ3) is 2.46. The Balaban J connectivity index is 1.52. The molecule has 0 atom stereocenters. The van der Waals surface area contributed by atoms with Gasteiger partial charge in [-0.2, -0.15) is 0 Å². The van der Waals surface area contributed by atoms with Gasteiger partial charge in [0, 0.05) is 37.9 Å². The molecule has 0 radical (unpaired) electrons. The Morgan fingerprint density at radius 3 is 1.29 bits per heavy atom. The Kier molecular flexibility index (Phi) is 3.26. The maximum Gasteiger partial charge on any atom is 0.0949 e. The molecular formula is C24H18N4. The summed E-state index contributed by atoms with van der Waals surface area (Å²) in [4.78, 5) is 8.30. The molecule has 6 aromatic rings. The van der Waals surface area contributed by atoms with Crippen LogP contribution in [-0.4, -0.2) is 19.1 Å². The molecule has 0 saturated heterocycles.